The second kappa shape index (κ2) is 8.27. The van der Waals surface area contributed by atoms with Crippen molar-refractivity contribution in [3.8, 4) is 0 Å². The van der Waals surface area contributed by atoms with Crippen LogP contribution in [0.25, 0.3) is 0 Å². The van der Waals surface area contributed by atoms with E-state index in [1.807, 2.05) is 12.1 Å². The molecule has 0 heterocycles. The molecule has 0 fully saturated rings. The lowest BCUT2D eigenvalue weighted by molar-refractivity contribution is -0.137. The summed E-state index contributed by atoms with van der Waals surface area (Å²) in [6, 6.07) is 5.32. The van der Waals surface area contributed by atoms with Gasteiger partial charge in [0.1, 0.15) is 0 Å². The molecule has 1 unspecified atom stereocenters. The number of carbonyl (C=O) groups excluding carboxylic acids is 1. The average Bonchev–Trinajstić information content (AvgIpc) is 2.37. The molecule has 4 nitrogen and oxygen atoms in total. The number of aryl methyl sites for hydroxylation is 1. The Hall–Kier alpha value is -1.07. The average molecular weight is 363 g/mol. The van der Waals surface area contributed by atoms with Crippen LogP contribution in [0.4, 0.5) is 0 Å². The molecule has 20 heavy (non-hydrogen) atoms. The lowest BCUT2D eigenvalue weighted by Crippen LogP contribution is -2.33. The van der Waals surface area contributed by atoms with Gasteiger partial charge < -0.3 is 10.4 Å². The van der Waals surface area contributed by atoms with Crippen LogP contribution < -0.4 is 5.32 Å². The van der Waals surface area contributed by atoms with E-state index in [0.29, 0.717) is 24.3 Å². The molecule has 1 amide bonds. The van der Waals surface area contributed by atoms with E-state index in [9.17, 15) is 9.59 Å². The third kappa shape index (κ3) is 6.39. The van der Waals surface area contributed by atoms with Gasteiger partial charge in [-0.1, -0.05) is 27.5 Å². The SMILES string of the molecule is CC(CCC(=O)O)NC(=O)CCc1cc(Cl)ccc1Br. The molecular weight excluding hydrogens is 346 g/mol. The van der Waals surface area contributed by atoms with Gasteiger partial charge in [0, 0.05) is 28.4 Å². The molecule has 6 heteroatoms. The van der Waals surface area contributed by atoms with Gasteiger partial charge in [-0.05, 0) is 43.5 Å². The van der Waals surface area contributed by atoms with E-state index in [-0.39, 0.29) is 18.4 Å². The molecule has 0 bridgehead atoms. The van der Waals surface area contributed by atoms with Crippen molar-refractivity contribution in [3.63, 3.8) is 0 Å². The highest BCUT2D eigenvalue weighted by atomic mass is 79.9. The molecular formula is C14H17BrClNO3. The molecule has 1 atom stereocenters. The van der Waals surface area contributed by atoms with Crippen molar-refractivity contribution in [1.82, 2.24) is 5.32 Å². The van der Waals surface area contributed by atoms with Crippen molar-refractivity contribution < 1.29 is 14.7 Å². The Bertz CT molecular complexity index is 493. The number of carboxylic acid groups (broad SMARTS) is 1. The minimum absolute atomic E-state index is 0.0568. The highest BCUT2D eigenvalue weighted by Crippen LogP contribution is 2.22. The molecule has 0 radical (unpaired) electrons. The van der Waals surface area contributed by atoms with Crippen molar-refractivity contribution in [2.75, 3.05) is 0 Å². The molecule has 0 aliphatic heterocycles. The Balaban J connectivity index is 2.39. The summed E-state index contributed by atoms with van der Waals surface area (Å²) in [4.78, 5) is 22.2. The fourth-order valence-corrected chi connectivity index (χ4v) is 2.38. The fourth-order valence-electron chi connectivity index (χ4n) is 1.74. The van der Waals surface area contributed by atoms with Gasteiger partial charge in [0.25, 0.3) is 0 Å². The third-order valence-electron chi connectivity index (χ3n) is 2.83. The largest absolute Gasteiger partial charge is 0.481 e. The minimum Gasteiger partial charge on any atom is -0.481 e. The smallest absolute Gasteiger partial charge is 0.303 e. The van der Waals surface area contributed by atoms with E-state index in [0.717, 1.165) is 10.0 Å². The van der Waals surface area contributed by atoms with E-state index in [1.54, 1.807) is 13.0 Å². The second-order valence-corrected chi connectivity index (χ2v) is 5.93. The molecule has 2 N–H and O–H groups in total. The number of amides is 1. The predicted molar refractivity (Wildman–Crippen MR) is 81.9 cm³/mol. The van der Waals surface area contributed by atoms with E-state index < -0.39 is 5.97 Å². The molecule has 0 saturated carbocycles. The first-order chi connectivity index (χ1) is 9.38. The quantitative estimate of drug-likeness (QED) is 0.781. The predicted octanol–water partition coefficient (Wildman–Crippen LogP) is 3.40. The Morgan fingerprint density at radius 2 is 2.10 bits per heavy atom. The summed E-state index contributed by atoms with van der Waals surface area (Å²) < 4.78 is 0.925. The Kier molecular flexibility index (Phi) is 7.02. The summed E-state index contributed by atoms with van der Waals surface area (Å²) in [7, 11) is 0. The van der Waals surface area contributed by atoms with Crippen LogP contribution in [-0.2, 0) is 16.0 Å². The number of hydrogen-bond donors (Lipinski definition) is 2. The molecule has 0 saturated heterocycles. The number of nitrogens with one attached hydrogen (secondary N) is 1. The highest BCUT2D eigenvalue weighted by molar-refractivity contribution is 9.10. The van der Waals surface area contributed by atoms with E-state index in [2.05, 4.69) is 21.2 Å². The number of benzene rings is 1. The highest BCUT2D eigenvalue weighted by Gasteiger charge is 2.10. The minimum atomic E-state index is -0.853. The van der Waals surface area contributed by atoms with Crippen LogP contribution in [-0.4, -0.2) is 23.0 Å². The molecule has 0 aliphatic carbocycles. The maximum atomic E-state index is 11.8. The third-order valence-corrected chi connectivity index (χ3v) is 3.84. The van der Waals surface area contributed by atoms with Crippen LogP contribution >= 0.6 is 27.5 Å². The first-order valence-electron chi connectivity index (χ1n) is 6.33. The number of rotatable bonds is 7. The topological polar surface area (TPSA) is 66.4 Å². The zero-order valence-electron chi connectivity index (χ0n) is 11.2. The van der Waals surface area contributed by atoms with Crippen LogP contribution in [0, 0.1) is 0 Å². The summed E-state index contributed by atoms with van der Waals surface area (Å²) >= 11 is 9.33. The summed E-state index contributed by atoms with van der Waals surface area (Å²) in [5, 5.41) is 12.0. The molecule has 1 rings (SSSR count). The van der Waals surface area contributed by atoms with Crippen LogP contribution in [0.15, 0.2) is 22.7 Å². The van der Waals surface area contributed by atoms with Crippen molar-refractivity contribution >= 4 is 39.4 Å². The lowest BCUT2D eigenvalue weighted by Gasteiger charge is -2.13. The van der Waals surface area contributed by atoms with Gasteiger partial charge in [-0.25, -0.2) is 0 Å². The lowest BCUT2D eigenvalue weighted by atomic mass is 10.1. The van der Waals surface area contributed by atoms with Gasteiger partial charge in [-0.3, -0.25) is 9.59 Å². The summed E-state index contributed by atoms with van der Waals surface area (Å²) in [5.41, 5.74) is 0.978. The molecule has 110 valence electrons. The van der Waals surface area contributed by atoms with Crippen molar-refractivity contribution in [3.05, 3.63) is 33.3 Å². The van der Waals surface area contributed by atoms with Crippen LogP contribution in [0.1, 0.15) is 31.7 Å². The standard InChI is InChI=1S/C14H17BrClNO3/c1-9(2-7-14(19)20)17-13(18)6-3-10-8-11(16)4-5-12(10)15/h4-5,8-9H,2-3,6-7H2,1H3,(H,17,18)(H,19,20). The van der Waals surface area contributed by atoms with Crippen molar-refractivity contribution in [2.24, 2.45) is 0 Å². The number of carbonyl (C=O) groups is 2. The number of carboxylic acids is 1. The van der Waals surface area contributed by atoms with Crippen molar-refractivity contribution in [2.45, 2.75) is 38.6 Å². The van der Waals surface area contributed by atoms with Gasteiger partial charge in [0.15, 0.2) is 0 Å². The van der Waals surface area contributed by atoms with Gasteiger partial charge >= 0.3 is 5.97 Å². The Morgan fingerprint density at radius 3 is 2.75 bits per heavy atom. The van der Waals surface area contributed by atoms with E-state index in [1.165, 1.54) is 0 Å². The first-order valence-corrected chi connectivity index (χ1v) is 7.50. The van der Waals surface area contributed by atoms with Crippen LogP contribution in [0.3, 0.4) is 0 Å². The van der Waals surface area contributed by atoms with Gasteiger partial charge in [0.05, 0.1) is 0 Å². The molecule has 1 aromatic rings. The van der Waals surface area contributed by atoms with Crippen molar-refractivity contribution in [1.29, 1.82) is 0 Å². The Labute approximate surface area is 131 Å². The second-order valence-electron chi connectivity index (χ2n) is 4.64. The molecule has 0 aromatic heterocycles. The molecule has 0 spiro atoms. The number of aliphatic carboxylic acids is 1. The normalized spacial score (nSPS) is 11.9. The molecule has 0 aliphatic rings. The number of halogens is 2. The fraction of sp³-hybridized carbons (Fsp3) is 0.429. The van der Waals surface area contributed by atoms with Crippen LogP contribution in [0.2, 0.25) is 5.02 Å². The summed E-state index contributed by atoms with van der Waals surface area (Å²) in [6.07, 6.45) is 1.41. The van der Waals surface area contributed by atoms with Gasteiger partial charge in [-0.2, -0.15) is 0 Å². The van der Waals surface area contributed by atoms with E-state index >= 15 is 0 Å². The van der Waals surface area contributed by atoms with Gasteiger partial charge in [-0.15, -0.1) is 0 Å². The maximum Gasteiger partial charge on any atom is 0.303 e. The monoisotopic (exact) mass is 361 g/mol. The zero-order valence-corrected chi connectivity index (χ0v) is 13.5. The summed E-state index contributed by atoms with van der Waals surface area (Å²) in [5.74, 6) is -0.941. The van der Waals surface area contributed by atoms with Gasteiger partial charge in [0.2, 0.25) is 5.91 Å². The molecule has 1 aromatic carbocycles. The van der Waals surface area contributed by atoms with E-state index in [4.69, 9.17) is 16.7 Å². The Morgan fingerprint density at radius 1 is 1.40 bits per heavy atom. The zero-order chi connectivity index (χ0) is 15.1. The van der Waals surface area contributed by atoms with Crippen LogP contribution in [0.5, 0.6) is 0 Å². The maximum absolute atomic E-state index is 11.8. The first kappa shape index (κ1) is 17.0. The summed E-state index contributed by atoms with van der Waals surface area (Å²) in [6.45, 7) is 1.80. The number of hydrogen-bond acceptors (Lipinski definition) is 2.